The number of rotatable bonds is 11. The zero-order valence-electron chi connectivity index (χ0n) is 23.1. The van der Waals surface area contributed by atoms with Gasteiger partial charge in [0.15, 0.2) is 0 Å². The van der Waals surface area contributed by atoms with Gasteiger partial charge in [-0.2, -0.15) is 0 Å². The van der Waals surface area contributed by atoms with Crippen LogP contribution in [-0.2, 0) is 26.0 Å². The number of amides is 2. The van der Waals surface area contributed by atoms with E-state index in [0.717, 1.165) is 9.87 Å². The normalized spacial score (nSPS) is 12.3. The standard InChI is InChI=1S/C30H37N3O5S/c1-23(29(35)31-30(2,3)4)32(21-20-24-12-8-6-9-13-24)28(34)22-33(25-14-10-7-11-15-25)39(36,37)27-18-16-26(38-5)17-19-27/h6-19,23H,20-22H2,1-5H3,(H,31,35)/t23-/m1/s1. The van der Waals surface area contributed by atoms with Crippen molar-refractivity contribution in [1.82, 2.24) is 10.2 Å². The van der Waals surface area contributed by atoms with Gasteiger partial charge in [-0.15, -0.1) is 0 Å². The molecule has 0 fully saturated rings. The molecule has 0 spiro atoms. The Balaban J connectivity index is 1.96. The monoisotopic (exact) mass is 551 g/mol. The largest absolute Gasteiger partial charge is 0.497 e. The molecule has 0 saturated heterocycles. The number of methoxy groups -OCH3 is 1. The maximum atomic E-state index is 13.9. The molecule has 3 rings (SSSR count). The molecular weight excluding hydrogens is 514 g/mol. The van der Waals surface area contributed by atoms with Crippen molar-refractivity contribution in [1.29, 1.82) is 0 Å². The molecule has 3 aromatic rings. The molecule has 0 saturated carbocycles. The lowest BCUT2D eigenvalue weighted by molar-refractivity contribution is -0.139. The van der Waals surface area contributed by atoms with E-state index in [2.05, 4.69) is 5.32 Å². The van der Waals surface area contributed by atoms with Crippen LogP contribution >= 0.6 is 0 Å². The van der Waals surface area contributed by atoms with Gasteiger partial charge < -0.3 is 15.0 Å². The predicted molar refractivity (Wildman–Crippen MR) is 153 cm³/mol. The van der Waals surface area contributed by atoms with Crippen LogP contribution in [0.4, 0.5) is 5.69 Å². The Kier molecular flexibility index (Phi) is 9.75. The smallest absolute Gasteiger partial charge is 0.264 e. The van der Waals surface area contributed by atoms with Crippen molar-refractivity contribution in [2.75, 3.05) is 24.5 Å². The molecule has 0 aromatic heterocycles. The average molecular weight is 552 g/mol. The van der Waals surface area contributed by atoms with Crippen molar-refractivity contribution in [3.63, 3.8) is 0 Å². The first-order chi connectivity index (χ1) is 18.4. The molecule has 1 atom stereocenters. The summed E-state index contributed by atoms with van der Waals surface area (Å²) in [5, 5.41) is 2.93. The van der Waals surface area contributed by atoms with Crippen LogP contribution in [0.25, 0.3) is 0 Å². The van der Waals surface area contributed by atoms with Crippen molar-refractivity contribution in [2.45, 2.75) is 50.6 Å². The zero-order chi connectivity index (χ0) is 28.6. The van der Waals surface area contributed by atoms with E-state index in [0.29, 0.717) is 17.9 Å². The summed E-state index contributed by atoms with van der Waals surface area (Å²) in [4.78, 5) is 28.4. The lowest BCUT2D eigenvalue weighted by Gasteiger charge is -2.33. The van der Waals surface area contributed by atoms with Crippen LogP contribution in [0.5, 0.6) is 5.75 Å². The number of para-hydroxylation sites is 1. The molecule has 8 nitrogen and oxygen atoms in total. The molecule has 0 unspecified atom stereocenters. The van der Waals surface area contributed by atoms with Gasteiger partial charge in [0.2, 0.25) is 11.8 Å². The van der Waals surface area contributed by atoms with E-state index in [1.807, 2.05) is 51.1 Å². The van der Waals surface area contributed by atoms with Gasteiger partial charge in [0, 0.05) is 12.1 Å². The van der Waals surface area contributed by atoms with Crippen molar-refractivity contribution in [3.8, 4) is 5.75 Å². The summed E-state index contributed by atoms with van der Waals surface area (Å²) in [6.07, 6.45) is 0.510. The highest BCUT2D eigenvalue weighted by Gasteiger charge is 2.33. The number of nitrogens with one attached hydrogen (secondary N) is 1. The van der Waals surface area contributed by atoms with Gasteiger partial charge in [-0.05, 0) is 76.1 Å². The summed E-state index contributed by atoms with van der Waals surface area (Å²) >= 11 is 0. The van der Waals surface area contributed by atoms with Crippen LogP contribution < -0.4 is 14.4 Å². The lowest BCUT2D eigenvalue weighted by Crippen LogP contribution is -2.55. The van der Waals surface area contributed by atoms with E-state index in [1.54, 1.807) is 49.4 Å². The second kappa shape index (κ2) is 12.8. The van der Waals surface area contributed by atoms with Crippen LogP contribution in [0.15, 0.2) is 89.8 Å². The van der Waals surface area contributed by atoms with E-state index >= 15 is 0 Å². The average Bonchev–Trinajstić information content (AvgIpc) is 2.91. The third-order valence-electron chi connectivity index (χ3n) is 6.12. The van der Waals surface area contributed by atoms with Crippen LogP contribution in [0.3, 0.4) is 0 Å². The van der Waals surface area contributed by atoms with Gasteiger partial charge in [0.1, 0.15) is 18.3 Å². The highest BCUT2D eigenvalue weighted by molar-refractivity contribution is 7.92. The molecule has 0 bridgehead atoms. The first kappa shape index (κ1) is 29.7. The zero-order valence-corrected chi connectivity index (χ0v) is 23.9. The number of ether oxygens (including phenoxy) is 1. The maximum absolute atomic E-state index is 13.9. The summed E-state index contributed by atoms with van der Waals surface area (Å²) < 4.78 is 33.8. The molecule has 1 N–H and O–H groups in total. The quantitative estimate of drug-likeness (QED) is 0.384. The summed E-state index contributed by atoms with van der Waals surface area (Å²) in [6.45, 7) is 7.03. The van der Waals surface area contributed by atoms with Gasteiger partial charge in [0.05, 0.1) is 17.7 Å². The molecule has 0 aliphatic heterocycles. The lowest BCUT2D eigenvalue weighted by atomic mass is 10.1. The highest BCUT2D eigenvalue weighted by Crippen LogP contribution is 2.25. The van der Waals surface area contributed by atoms with E-state index < -0.39 is 34.1 Å². The second-order valence-corrected chi connectivity index (χ2v) is 12.1. The van der Waals surface area contributed by atoms with Gasteiger partial charge in [-0.3, -0.25) is 13.9 Å². The molecule has 0 aliphatic carbocycles. The predicted octanol–water partition coefficient (Wildman–Crippen LogP) is 4.27. The van der Waals surface area contributed by atoms with Gasteiger partial charge in [-0.1, -0.05) is 48.5 Å². The Morgan fingerprint density at radius 3 is 2.00 bits per heavy atom. The maximum Gasteiger partial charge on any atom is 0.264 e. The molecular formula is C30H37N3O5S. The molecule has 0 aliphatic rings. The van der Waals surface area contributed by atoms with Crippen LogP contribution in [-0.4, -0.2) is 56.9 Å². The Morgan fingerprint density at radius 1 is 0.897 bits per heavy atom. The second-order valence-electron chi connectivity index (χ2n) is 10.3. The van der Waals surface area contributed by atoms with Crippen molar-refractivity contribution in [2.24, 2.45) is 0 Å². The number of nitrogens with zero attached hydrogens (tertiary/aromatic N) is 2. The Morgan fingerprint density at radius 2 is 1.46 bits per heavy atom. The molecule has 0 heterocycles. The van der Waals surface area contributed by atoms with Crippen molar-refractivity contribution >= 4 is 27.5 Å². The molecule has 208 valence electrons. The Bertz CT molecular complexity index is 1340. The number of benzene rings is 3. The summed E-state index contributed by atoms with van der Waals surface area (Å²) in [6, 6.07) is 23.3. The minimum Gasteiger partial charge on any atom is -0.497 e. The summed E-state index contributed by atoms with van der Waals surface area (Å²) in [5.41, 5.74) is 0.855. The SMILES string of the molecule is COc1ccc(S(=O)(=O)N(CC(=O)N(CCc2ccccc2)[C@H](C)C(=O)NC(C)(C)C)c2ccccc2)cc1. The summed E-state index contributed by atoms with van der Waals surface area (Å²) in [7, 11) is -2.62. The van der Waals surface area contributed by atoms with Gasteiger partial charge >= 0.3 is 0 Å². The fourth-order valence-corrected chi connectivity index (χ4v) is 5.46. The molecule has 39 heavy (non-hydrogen) atoms. The number of sulfonamides is 1. The third kappa shape index (κ3) is 8.07. The topological polar surface area (TPSA) is 96.0 Å². The number of hydrogen-bond acceptors (Lipinski definition) is 5. The Labute approximate surface area is 231 Å². The minimum absolute atomic E-state index is 0.0225. The molecule has 2 amide bonds. The summed E-state index contributed by atoms with van der Waals surface area (Å²) in [5.74, 6) is -0.279. The first-order valence-electron chi connectivity index (χ1n) is 12.8. The van der Waals surface area contributed by atoms with E-state index in [9.17, 15) is 18.0 Å². The number of carbonyl (C=O) groups excluding carboxylic acids is 2. The van der Waals surface area contributed by atoms with Crippen LogP contribution in [0.1, 0.15) is 33.3 Å². The highest BCUT2D eigenvalue weighted by atomic mass is 32.2. The van der Waals surface area contributed by atoms with Crippen LogP contribution in [0.2, 0.25) is 0 Å². The first-order valence-corrected chi connectivity index (χ1v) is 14.2. The number of anilines is 1. The van der Waals surface area contributed by atoms with E-state index in [-0.39, 0.29) is 17.3 Å². The van der Waals surface area contributed by atoms with Crippen molar-refractivity contribution < 1.29 is 22.7 Å². The Hall–Kier alpha value is -3.85. The van der Waals surface area contributed by atoms with Gasteiger partial charge in [-0.25, -0.2) is 8.42 Å². The number of hydrogen-bond donors (Lipinski definition) is 1. The van der Waals surface area contributed by atoms with Gasteiger partial charge in [0.25, 0.3) is 10.0 Å². The fourth-order valence-electron chi connectivity index (χ4n) is 4.04. The van der Waals surface area contributed by atoms with E-state index in [4.69, 9.17) is 4.74 Å². The van der Waals surface area contributed by atoms with Crippen molar-refractivity contribution in [3.05, 3.63) is 90.5 Å². The van der Waals surface area contributed by atoms with Crippen LogP contribution in [0, 0.1) is 0 Å². The minimum atomic E-state index is -4.12. The third-order valence-corrected chi connectivity index (χ3v) is 7.91. The van der Waals surface area contributed by atoms with E-state index in [1.165, 1.54) is 24.1 Å². The molecule has 3 aromatic carbocycles. The number of carbonyl (C=O) groups is 2. The molecule has 0 radical (unpaired) electrons. The fraction of sp³-hybridized carbons (Fsp3) is 0.333. The molecule has 9 heteroatoms.